The van der Waals surface area contributed by atoms with Crippen LogP contribution in [0.1, 0.15) is 5.69 Å². The van der Waals surface area contributed by atoms with Crippen molar-refractivity contribution >= 4 is 21.9 Å². The van der Waals surface area contributed by atoms with Gasteiger partial charge in [-0.2, -0.15) is 5.10 Å². The second-order valence-electron chi connectivity index (χ2n) is 7.70. The Labute approximate surface area is 167 Å². The third-order valence-electron chi connectivity index (χ3n) is 5.82. The van der Waals surface area contributed by atoms with Crippen molar-refractivity contribution in [3.63, 3.8) is 0 Å². The van der Waals surface area contributed by atoms with Gasteiger partial charge >= 0.3 is 0 Å². The van der Waals surface area contributed by atoms with E-state index in [2.05, 4.69) is 62.0 Å². The fraction of sp³-hybridized carbons (Fsp3) is 0.174. The van der Waals surface area contributed by atoms with E-state index >= 15 is 0 Å². The van der Waals surface area contributed by atoms with Gasteiger partial charge in [-0.1, -0.05) is 12.1 Å². The summed E-state index contributed by atoms with van der Waals surface area (Å²) >= 11 is 0. The van der Waals surface area contributed by atoms with Crippen LogP contribution in [0.5, 0.6) is 0 Å². The van der Waals surface area contributed by atoms with Gasteiger partial charge in [0.05, 0.1) is 24.0 Å². The van der Waals surface area contributed by atoms with Crippen molar-refractivity contribution in [2.24, 2.45) is 0 Å². The lowest BCUT2D eigenvalue weighted by Gasteiger charge is -2.24. The van der Waals surface area contributed by atoms with Crippen LogP contribution >= 0.6 is 0 Å². The van der Waals surface area contributed by atoms with Gasteiger partial charge in [0.25, 0.3) is 0 Å². The molecule has 1 aromatic carbocycles. The van der Waals surface area contributed by atoms with Gasteiger partial charge in [0.2, 0.25) is 0 Å². The number of aromatic amines is 1. The molecule has 0 bridgehead atoms. The van der Waals surface area contributed by atoms with Gasteiger partial charge in [0.1, 0.15) is 5.65 Å². The maximum absolute atomic E-state index is 4.70. The number of nitrogens with zero attached hydrogens (tertiary/aromatic N) is 5. The summed E-state index contributed by atoms with van der Waals surface area (Å²) in [6.45, 7) is 2.87. The number of likely N-dealkylation sites (N-methyl/N-ethyl adjacent to an activating group) is 1. The van der Waals surface area contributed by atoms with Crippen LogP contribution in [0, 0.1) is 0 Å². The number of benzene rings is 1. The molecular formula is C23H20N6. The Kier molecular flexibility index (Phi) is 3.55. The summed E-state index contributed by atoms with van der Waals surface area (Å²) in [4.78, 5) is 14.8. The zero-order chi connectivity index (χ0) is 19.4. The summed E-state index contributed by atoms with van der Waals surface area (Å²) in [6, 6.07) is 12.7. The molecule has 6 heteroatoms. The van der Waals surface area contributed by atoms with Crippen LogP contribution in [0.4, 0.5) is 0 Å². The first-order valence-electron chi connectivity index (χ1n) is 9.82. The van der Waals surface area contributed by atoms with Crippen LogP contribution in [0.2, 0.25) is 0 Å². The first-order chi connectivity index (χ1) is 14.3. The molecule has 4 aromatic heterocycles. The summed E-state index contributed by atoms with van der Waals surface area (Å²) in [5, 5.41) is 6.85. The SMILES string of the molecule is CN1CCn2ncc(-c3cnc4[nH]cc(-c5ccc6ncccc6c5)c4c3)c2C1. The maximum Gasteiger partial charge on any atom is 0.137 e. The molecule has 0 radical (unpaired) electrons. The summed E-state index contributed by atoms with van der Waals surface area (Å²) in [7, 11) is 2.15. The fourth-order valence-electron chi connectivity index (χ4n) is 4.24. The number of hydrogen-bond acceptors (Lipinski definition) is 4. The molecule has 0 amide bonds. The Morgan fingerprint density at radius 3 is 2.90 bits per heavy atom. The lowest BCUT2D eigenvalue weighted by atomic mass is 10.0. The third-order valence-corrected chi connectivity index (χ3v) is 5.82. The summed E-state index contributed by atoms with van der Waals surface area (Å²) in [5.41, 5.74) is 7.75. The zero-order valence-corrected chi connectivity index (χ0v) is 16.1. The van der Waals surface area contributed by atoms with Gasteiger partial charge < -0.3 is 4.98 Å². The summed E-state index contributed by atoms with van der Waals surface area (Å²) < 4.78 is 2.12. The number of aromatic nitrogens is 5. The molecule has 5 heterocycles. The average molecular weight is 380 g/mol. The second kappa shape index (κ2) is 6.25. The van der Waals surface area contributed by atoms with Crippen LogP contribution in [0.15, 0.2) is 61.2 Å². The van der Waals surface area contributed by atoms with E-state index in [0.29, 0.717) is 0 Å². The highest BCUT2D eigenvalue weighted by Crippen LogP contribution is 2.33. The van der Waals surface area contributed by atoms with Crippen LogP contribution in [0.3, 0.4) is 0 Å². The number of pyridine rings is 2. The molecule has 0 saturated heterocycles. The van der Waals surface area contributed by atoms with Gasteiger partial charge in [-0.25, -0.2) is 4.98 Å². The van der Waals surface area contributed by atoms with E-state index in [0.717, 1.165) is 58.3 Å². The van der Waals surface area contributed by atoms with Crippen LogP contribution < -0.4 is 0 Å². The van der Waals surface area contributed by atoms with Crippen molar-refractivity contribution in [3.8, 4) is 22.3 Å². The number of fused-ring (bicyclic) bond motifs is 3. The smallest absolute Gasteiger partial charge is 0.137 e. The molecule has 0 spiro atoms. The van der Waals surface area contributed by atoms with Crippen molar-refractivity contribution in [3.05, 3.63) is 66.9 Å². The minimum atomic E-state index is 0.896. The predicted molar refractivity (Wildman–Crippen MR) is 114 cm³/mol. The Bertz CT molecular complexity index is 1360. The standard InChI is InChI=1S/C23H20N6/c1-28-7-8-29-22(14-28)20(13-27-29)17-10-18-19(12-26-23(18)25-11-17)15-4-5-21-16(9-15)3-2-6-24-21/h2-6,9-13H,7-8,14H2,1H3,(H,25,26). The highest BCUT2D eigenvalue weighted by Gasteiger charge is 2.20. The number of H-pyrrole nitrogens is 1. The normalized spacial score (nSPS) is 14.5. The van der Waals surface area contributed by atoms with Crippen LogP contribution in [0.25, 0.3) is 44.2 Å². The molecule has 5 aromatic rings. The predicted octanol–water partition coefficient (Wildman–Crippen LogP) is 4.09. The van der Waals surface area contributed by atoms with Gasteiger partial charge in [0.15, 0.2) is 0 Å². The molecular weight excluding hydrogens is 360 g/mol. The number of hydrogen-bond donors (Lipinski definition) is 1. The van der Waals surface area contributed by atoms with E-state index in [4.69, 9.17) is 4.98 Å². The minimum Gasteiger partial charge on any atom is -0.346 e. The third kappa shape index (κ3) is 2.64. The van der Waals surface area contributed by atoms with Crippen LogP contribution in [-0.2, 0) is 13.1 Å². The molecule has 0 aliphatic carbocycles. The van der Waals surface area contributed by atoms with Gasteiger partial charge in [0, 0.05) is 59.1 Å². The second-order valence-corrected chi connectivity index (χ2v) is 7.70. The minimum absolute atomic E-state index is 0.896. The van der Waals surface area contributed by atoms with Crippen LogP contribution in [-0.4, -0.2) is 43.2 Å². The Balaban J connectivity index is 1.49. The van der Waals surface area contributed by atoms with Gasteiger partial charge in [-0.15, -0.1) is 0 Å². The zero-order valence-electron chi connectivity index (χ0n) is 16.1. The molecule has 0 saturated carbocycles. The quantitative estimate of drug-likeness (QED) is 0.501. The number of nitrogens with one attached hydrogen (secondary N) is 1. The summed E-state index contributed by atoms with van der Waals surface area (Å²) in [6.07, 6.45) is 7.79. The van der Waals surface area contributed by atoms with Gasteiger partial charge in [-0.3, -0.25) is 14.6 Å². The van der Waals surface area contributed by atoms with Crippen molar-refractivity contribution in [1.82, 2.24) is 29.6 Å². The molecule has 6 rings (SSSR count). The molecule has 0 unspecified atom stereocenters. The first kappa shape index (κ1) is 16.4. The molecule has 1 N–H and O–H groups in total. The topological polar surface area (TPSA) is 62.6 Å². The number of rotatable bonds is 2. The highest BCUT2D eigenvalue weighted by molar-refractivity contribution is 5.98. The monoisotopic (exact) mass is 380 g/mol. The Hall–Kier alpha value is -3.51. The first-order valence-corrected chi connectivity index (χ1v) is 9.82. The molecule has 6 nitrogen and oxygen atoms in total. The van der Waals surface area contributed by atoms with Crippen molar-refractivity contribution in [2.75, 3.05) is 13.6 Å². The Morgan fingerprint density at radius 1 is 0.966 bits per heavy atom. The average Bonchev–Trinajstić information content (AvgIpc) is 3.36. The lowest BCUT2D eigenvalue weighted by Crippen LogP contribution is -2.30. The molecule has 0 atom stereocenters. The van der Waals surface area contributed by atoms with E-state index < -0.39 is 0 Å². The largest absolute Gasteiger partial charge is 0.346 e. The highest BCUT2D eigenvalue weighted by atomic mass is 15.3. The van der Waals surface area contributed by atoms with Crippen molar-refractivity contribution < 1.29 is 0 Å². The lowest BCUT2D eigenvalue weighted by molar-refractivity contribution is 0.259. The van der Waals surface area contributed by atoms with E-state index in [1.165, 1.54) is 11.3 Å². The molecule has 1 aliphatic rings. The van der Waals surface area contributed by atoms with Crippen molar-refractivity contribution in [1.29, 1.82) is 0 Å². The molecule has 1 aliphatic heterocycles. The molecule has 142 valence electrons. The van der Waals surface area contributed by atoms with Gasteiger partial charge in [-0.05, 0) is 36.9 Å². The Morgan fingerprint density at radius 2 is 1.93 bits per heavy atom. The van der Waals surface area contributed by atoms with E-state index in [1.807, 2.05) is 30.9 Å². The van der Waals surface area contributed by atoms with Crippen molar-refractivity contribution in [2.45, 2.75) is 13.1 Å². The maximum atomic E-state index is 4.70. The summed E-state index contributed by atoms with van der Waals surface area (Å²) in [5.74, 6) is 0. The van der Waals surface area contributed by atoms with E-state index in [1.54, 1.807) is 0 Å². The molecule has 0 fully saturated rings. The van der Waals surface area contributed by atoms with E-state index in [-0.39, 0.29) is 0 Å². The molecule has 29 heavy (non-hydrogen) atoms. The van der Waals surface area contributed by atoms with E-state index in [9.17, 15) is 0 Å². The fourth-order valence-corrected chi connectivity index (χ4v) is 4.24.